The molecule has 0 aliphatic heterocycles. The highest BCUT2D eigenvalue weighted by Crippen LogP contribution is 2.32. The molecular weight excluding hydrogens is 220 g/mol. The van der Waals surface area contributed by atoms with Crippen molar-refractivity contribution in [1.29, 1.82) is 0 Å². The van der Waals surface area contributed by atoms with Gasteiger partial charge < -0.3 is 5.11 Å². The number of aryl methyl sites for hydroxylation is 2. The Morgan fingerprint density at radius 3 is 2.39 bits per heavy atom. The summed E-state index contributed by atoms with van der Waals surface area (Å²) < 4.78 is 0. The Labute approximate surface area is 109 Å². The van der Waals surface area contributed by atoms with Crippen molar-refractivity contribution in [2.75, 3.05) is 0 Å². The van der Waals surface area contributed by atoms with Crippen molar-refractivity contribution in [3.63, 3.8) is 0 Å². The lowest BCUT2D eigenvalue weighted by molar-refractivity contribution is 0.177. The zero-order valence-electron chi connectivity index (χ0n) is 11.7. The molecule has 0 unspecified atom stereocenters. The Balaban J connectivity index is 2.61. The summed E-state index contributed by atoms with van der Waals surface area (Å²) in [7, 11) is 0. The summed E-state index contributed by atoms with van der Waals surface area (Å²) in [6, 6.07) is 10.9. The van der Waals surface area contributed by atoms with Gasteiger partial charge in [-0.25, -0.2) is 0 Å². The van der Waals surface area contributed by atoms with Gasteiger partial charge in [-0.05, 0) is 60.6 Å². The summed E-state index contributed by atoms with van der Waals surface area (Å²) in [5.74, 6) is 0.384. The second-order valence-corrected chi connectivity index (χ2v) is 5.45. The fourth-order valence-corrected chi connectivity index (χ4v) is 2.82. The Morgan fingerprint density at radius 1 is 1.00 bits per heavy atom. The molecule has 2 atom stereocenters. The summed E-state index contributed by atoms with van der Waals surface area (Å²) in [5, 5.41) is 12.3. The molecule has 0 fully saturated rings. The minimum atomic E-state index is -0.250. The van der Waals surface area contributed by atoms with Gasteiger partial charge in [0.1, 0.15) is 0 Å². The quantitative estimate of drug-likeness (QED) is 0.849. The molecule has 1 nitrogen and oxygen atoms in total. The second kappa shape index (κ2) is 5.11. The van der Waals surface area contributed by atoms with Gasteiger partial charge in [0.25, 0.3) is 0 Å². The van der Waals surface area contributed by atoms with Crippen LogP contribution in [-0.2, 0) is 0 Å². The number of benzene rings is 2. The molecule has 1 N–H and O–H groups in total. The monoisotopic (exact) mass is 242 g/mol. The van der Waals surface area contributed by atoms with Crippen molar-refractivity contribution in [3.05, 3.63) is 47.0 Å². The zero-order valence-corrected chi connectivity index (χ0v) is 11.7. The fraction of sp³-hybridized carbons (Fsp3) is 0.412. The third-order valence-electron chi connectivity index (χ3n) is 3.72. The Kier molecular flexibility index (Phi) is 3.72. The number of hydrogen-bond donors (Lipinski definition) is 1. The molecular formula is C17H22O. The van der Waals surface area contributed by atoms with Crippen molar-refractivity contribution >= 4 is 10.8 Å². The van der Waals surface area contributed by atoms with E-state index in [4.69, 9.17) is 0 Å². The van der Waals surface area contributed by atoms with Crippen LogP contribution < -0.4 is 0 Å². The van der Waals surface area contributed by atoms with Gasteiger partial charge in [-0.1, -0.05) is 37.3 Å². The van der Waals surface area contributed by atoms with Crippen molar-refractivity contribution < 1.29 is 5.11 Å². The number of aliphatic hydroxyl groups excluding tert-OH is 1. The number of fused-ring (bicyclic) bond motifs is 1. The average molecular weight is 242 g/mol. The third kappa shape index (κ3) is 2.41. The number of rotatable bonds is 3. The first-order valence-electron chi connectivity index (χ1n) is 6.67. The molecule has 0 amide bonds. The SMILES string of the molecule is Cc1ccc([C@@H](C)C[C@@H](C)O)c2c(C)cccc12. The Hall–Kier alpha value is -1.34. The van der Waals surface area contributed by atoms with Crippen LogP contribution in [0, 0.1) is 13.8 Å². The molecule has 0 radical (unpaired) electrons. The molecule has 0 saturated carbocycles. The van der Waals surface area contributed by atoms with E-state index in [-0.39, 0.29) is 6.10 Å². The van der Waals surface area contributed by atoms with Crippen molar-refractivity contribution in [1.82, 2.24) is 0 Å². The smallest absolute Gasteiger partial charge is 0.0517 e. The van der Waals surface area contributed by atoms with Crippen LogP contribution in [0.25, 0.3) is 10.8 Å². The van der Waals surface area contributed by atoms with Crippen molar-refractivity contribution in [2.45, 2.75) is 46.1 Å². The highest BCUT2D eigenvalue weighted by molar-refractivity contribution is 5.91. The lowest BCUT2D eigenvalue weighted by Crippen LogP contribution is -2.06. The maximum atomic E-state index is 9.58. The van der Waals surface area contributed by atoms with E-state index in [1.807, 2.05) is 6.92 Å². The molecule has 0 aliphatic carbocycles. The molecule has 2 rings (SSSR count). The largest absolute Gasteiger partial charge is 0.393 e. The van der Waals surface area contributed by atoms with Gasteiger partial charge in [0.2, 0.25) is 0 Å². The second-order valence-electron chi connectivity index (χ2n) is 5.45. The van der Waals surface area contributed by atoms with Crippen molar-refractivity contribution in [3.8, 4) is 0 Å². The first kappa shape index (κ1) is 13.1. The first-order chi connectivity index (χ1) is 8.50. The predicted molar refractivity (Wildman–Crippen MR) is 78.1 cm³/mol. The van der Waals surface area contributed by atoms with E-state index in [1.54, 1.807) is 0 Å². The zero-order chi connectivity index (χ0) is 13.3. The van der Waals surface area contributed by atoms with Gasteiger partial charge in [-0.3, -0.25) is 0 Å². The normalized spacial score (nSPS) is 14.7. The van der Waals surface area contributed by atoms with Gasteiger partial charge in [0, 0.05) is 0 Å². The highest BCUT2D eigenvalue weighted by atomic mass is 16.3. The molecule has 18 heavy (non-hydrogen) atoms. The Morgan fingerprint density at radius 2 is 1.72 bits per heavy atom. The van der Waals surface area contributed by atoms with E-state index in [1.165, 1.54) is 27.5 Å². The molecule has 0 aromatic heterocycles. The molecule has 0 aliphatic rings. The first-order valence-corrected chi connectivity index (χ1v) is 6.67. The fourth-order valence-electron chi connectivity index (χ4n) is 2.82. The average Bonchev–Trinajstić information content (AvgIpc) is 2.29. The van der Waals surface area contributed by atoms with E-state index in [9.17, 15) is 5.11 Å². The number of aliphatic hydroxyl groups is 1. The van der Waals surface area contributed by atoms with Crippen LogP contribution in [0.15, 0.2) is 30.3 Å². The van der Waals surface area contributed by atoms with E-state index in [2.05, 4.69) is 51.1 Å². The van der Waals surface area contributed by atoms with E-state index < -0.39 is 0 Å². The molecule has 0 spiro atoms. The van der Waals surface area contributed by atoms with Crippen LogP contribution in [-0.4, -0.2) is 11.2 Å². The summed E-state index contributed by atoms with van der Waals surface area (Å²) in [6.45, 7) is 8.38. The predicted octanol–water partition coefficient (Wildman–Crippen LogP) is 4.33. The molecule has 96 valence electrons. The van der Waals surface area contributed by atoms with Crippen LogP contribution in [0.2, 0.25) is 0 Å². The Bertz CT molecular complexity index is 555. The van der Waals surface area contributed by atoms with Gasteiger partial charge in [0.05, 0.1) is 6.10 Å². The standard InChI is InChI=1S/C17H22O/c1-11-8-9-16(13(3)10-14(4)18)17-12(2)6-5-7-15(11)17/h5-9,13-14,18H,10H2,1-4H3/t13-,14+/m0/s1. The van der Waals surface area contributed by atoms with E-state index in [0.717, 1.165) is 6.42 Å². The van der Waals surface area contributed by atoms with Gasteiger partial charge >= 0.3 is 0 Å². The van der Waals surface area contributed by atoms with E-state index >= 15 is 0 Å². The summed E-state index contributed by atoms with van der Waals surface area (Å²) in [4.78, 5) is 0. The highest BCUT2D eigenvalue weighted by Gasteiger charge is 2.14. The van der Waals surface area contributed by atoms with Crippen LogP contribution in [0.1, 0.15) is 42.9 Å². The molecule has 0 bridgehead atoms. The summed E-state index contributed by atoms with van der Waals surface area (Å²) in [6.07, 6.45) is 0.562. The van der Waals surface area contributed by atoms with Crippen LogP contribution in [0.5, 0.6) is 0 Å². The summed E-state index contributed by atoms with van der Waals surface area (Å²) >= 11 is 0. The molecule has 2 aromatic carbocycles. The van der Waals surface area contributed by atoms with Gasteiger partial charge in [0.15, 0.2) is 0 Å². The molecule has 2 aromatic rings. The maximum absolute atomic E-state index is 9.58. The minimum Gasteiger partial charge on any atom is -0.393 e. The van der Waals surface area contributed by atoms with Crippen molar-refractivity contribution in [2.24, 2.45) is 0 Å². The van der Waals surface area contributed by atoms with Gasteiger partial charge in [-0.2, -0.15) is 0 Å². The lowest BCUT2D eigenvalue weighted by Gasteiger charge is -2.18. The van der Waals surface area contributed by atoms with Gasteiger partial charge in [-0.15, -0.1) is 0 Å². The number of hydrogen-bond acceptors (Lipinski definition) is 1. The van der Waals surface area contributed by atoms with Crippen LogP contribution in [0.3, 0.4) is 0 Å². The maximum Gasteiger partial charge on any atom is 0.0517 e. The van der Waals surface area contributed by atoms with E-state index in [0.29, 0.717) is 5.92 Å². The minimum absolute atomic E-state index is 0.250. The molecule has 1 heteroatoms. The lowest BCUT2D eigenvalue weighted by atomic mass is 9.87. The third-order valence-corrected chi connectivity index (χ3v) is 3.72. The summed E-state index contributed by atoms with van der Waals surface area (Å²) in [5.41, 5.74) is 4.00. The van der Waals surface area contributed by atoms with Crippen LogP contribution >= 0.6 is 0 Å². The van der Waals surface area contributed by atoms with Crippen LogP contribution in [0.4, 0.5) is 0 Å². The molecule has 0 saturated heterocycles. The molecule has 0 heterocycles. The topological polar surface area (TPSA) is 20.2 Å².